The number of pyridine rings is 2. The van der Waals surface area contributed by atoms with E-state index in [9.17, 15) is 0 Å². The monoisotopic (exact) mass is 266 g/mol. The number of fused-ring (bicyclic) bond motifs is 7. The molecule has 0 saturated heterocycles. The van der Waals surface area contributed by atoms with Crippen molar-refractivity contribution in [2.75, 3.05) is 0 Å². The summed E-state index contributed by atoms with van der Waals surface area (Å²) in [6.07, 6.45) is 4.93. The molecule has 0 fully saturated rings. The summed E-state index contributed by atoms with van der Waals surface area (Å²) in [5.74, 6) is 0.592. The van der Waals surface area contributed by atoms with E-state index in [-0.39, 0.29) is 0 Å². The van der Waals surface area contributed by atoms with Gasteiger partial charge in [-0.05, 0) is 6.07 Å². The number of aryl methyl sites for hydroxylation is 1. The van der Waals surface area contributed by atoms with E-state index >= 15 is 0 Å². The molecule has 0 amide bonds. The first kappa shape index (κ1) is 7.79. The molecule has 5 rings (SSSR count). The van der Waals surface area contributed by atoms with Crippen LogP contribution in [-0.4, -0.2) is 14.5 Å². The summed E-state index contributed by atoms with van der Waals surface area (Å²) in [4.78, 5) is 8.47. The van der Waals surface area contributed by atoms with Gasteiger partial charge in [0, 0.05) is 30.2 Å². The second kappa shape index (κ2) is 3.25. The van der Waals surface area contributed by atoms with E-state index in [2.05, 4.69) is 9.97 Å². The van der Waals surface area contributed by atoms with E-state index in [1.807, 2.05) is 16.7 Å². The Kier molecular flexibility index (Phi) is 1.27. The fourth-order valence-electron chi connectivity index (χ4n) is 2.94. The fraction of sp³-hybridized carbons (Fsp3) is 0.133. The number of aromatic nitrogens is 4. The predicted octanol–water partition coefficient (Wildman–Crippen LogP) is 2.03. The molecule has 5 nitrogen and oxygen atoms in total. The Balaban J connectivity index is 1.97. The summed E-state index contributed by atoms with van der Waals surface area (Å²) in [5, 5.41) is 0.693. The molecule has 5 heterocycles. The van der Waals surface area contributed by atoms with Gasteiger partial charge in [-0.2, -0.15) is 4.57 Å². The average Bonchev–Trinajstić information content (AvgIpc) is 3.13. The normalized spacial score (nSPS) is 15.9. The fourth-order valence-corrected chi connectivity index (χ4v) is 2.94. The number of oxazole rings is 1. The molecule has 0 spiro atoms. The molecule has 4 aromatic rings. The molecule has 0 N–H and O–H groups in total. The smallest absolute Gasteiger partial charge is 0.329 e. The highest BCUT2D eigenvalue weighted by Gasteiger charge is 2.35. The van der Waals surface area contributed by atoms with Gasteiger partial charge >= 0.3 is 11.5 Å². The van der Waals surface area contributed by atoms with Crippen molar-refractivity contribution >= 4 is 22.1 Å². The first-order chi connectivity index (χ1) is 11.1. The van der Waals surface area contributed by atoms with Crippen LogP contribution in [0.4, 0.5) is 0 Å². The van der Waals surface area contributed by atoms with Crippen molar-refractivity contribution in [1.29, 1.82) is 0 Å². The van der Waals surface area contributed by atoms with Crippen LogP contribution in [0.15, 0.2) is 41.2 Å². The summed E-state index contributed by atoms with van der Waals surface area (Å²) in [6.45, 7) is -1.76. The summed E-state index contributed by atoms with van der Waals surface area (Å²) in [5.41, 5.74) is 3.45. The standard InChI is InChI=1S/C15H11N4O/c1-18-11-4-6-16-7-10(11)13-14(18)19-8-9-3-2-5-17-12(9)15(19)20-13/h2-7H,8H2,1H3/q+1/i1D3. The van der Waals surface area contributed by atoms with Crippen molar-refractivity contribution in [3.8, 4) is 11.6 Å². The minimum atomic E-state index is -2.31. The number of rotatable bonds is 0. The Morgan fingerprint density at radius 3 is 3.35 bits per heavy atom. The lowest BCUT2D eigenvalue weighted by Gasteiger charge is -1.91. The van der Waals surface area contributed by atoms with E-state index < -0.39 is 6.98 Å². The van der Waals surface area contributed by atoms with Crippen molar-refractivity contribution in [1.82, 2.24) is 14.5 Å². The van der Waals surface area contributed by atoms with E-state index in [1.165, 1.54) is 4.57 Å². The first-order valence-electron chi connectivity index (χ1n) is 7.81. The molecule has 0 bridgehead atoms. The highest BCUT2D eigenvalue weighted by Crippen LogP contribution is 2.33. The molecule has 0 unspecified atom stereocenters. The van der Waals surface area contributed by atoms with E-state index in [0.29, 0.717) is 34.6 Å². The third kappa shape index (κ3) is 1.02. The van der Waals surface area contributed by atoms with Crippen LogP contribution in [0.2, 0.25) is 0 Å². The molecule has 4 aromatic heterocycles. The van der Waals surface area contributed by atoms with Crippen molar-refractivity contribution in [3.63, 3.8) is 0 Å². The second-order valence-corrected chi connectivity index (χ2v) is 4.89. The molecule has 0 radical (unpaired) electrons. The van der Waals surface area contributed by atoms with Crippen molar-refractivity contribution in [2.45, 2.75) is 6.54 Å². The van der Waals surface area contributed by atoms with Gasteiger partial charge in [0.2, 0.25) is 5.58 Å². The maximum Gasteiger partial charge on any atom is 0.329 e. The summed E-state index contributed by atoms with van der Waals surface area (Å²) in [7, 11) is 0. The quantitative estimate of drug-likeness (QED) is 0.403. The third-order valence-corrected chi connectivity index (χ3v) is 3.82. The predicted molar refractivity (Wildman–Crippen MR) is 73.0 cm³/mol. The van der Waals surface area contributed by atoms with E-state index in [4.69, 9.17) is 8.53 Å². The van der Waals surface area contributed by atoms with Crippen LogP contribution in [0.3, 0.4) is 0 Å². The molecular weight excluding hydrogens is 252 g/mol. The Labute approximate surface area is 118 Å². The Hall–Kier alpha value is -2.69. The zero-order chi connectivity index (χ0) is 15.8. The lowest BCUT2D eigenvalue weighted by atomic mass is 10.2. The molecule has 0 saturated carbocycles. The maximum atomic E-state index is 7.92. The molecule has 20 heavy (non-hydrogen) atoms. The largest absolute Gasteiger partial charge is 0.412 e. The van der Waals surface area contributed by atoms with Gasteiger partial charge in [0.25, 0.3) is 0 Å². The van der Waals surface area contributed by atoms with Crippen molar-refractivity contribution < 1.29 is 13.1 Å². The lowest BCUT2D eigenvalue weighted by molar-refractivity contribution is -0.652. The summed E-state index contributed by atoms with van der Waals surface area (Å²) >= 11 is 0. The van der Waals surface area contributed by atoms with Gasteiger partial charge in [0.05, 0.1) is 16.5 Å². The molecule has 0 atom stereocenters. The molecular formula is C15H11N4O+. The average molecular weight is 266 g/mol. The van der Waals surface area contributed by atoms with E-state index in [0.717, 1.165) is 11.3 Å². The van der Waals surface area contributed by atoms with E-state index in [1.54, 1.807) is 24.7 Å². The zero-order valence-electron chi connectivity index (χ0n) is 13.4. The highest BCUT2D eigenvalue weighted by molar-refractivity contribution is 6.02. The van der Waals surface area contributed by atoms with Crippen LogP contribution in [-0.2, 0) is 13.5 Å². The van der Waals surface area contributed by atoms with Gasteiger partial charge in [-0.3, -0.25) is 4.98 Å². The molecule has 1 aliphatic heterocycles. The summed E-state index contributed by atoms with van der Waals surface area (Å²) < 4.78 is 33.0. The van der Waals surface area contributed by atoms with Crippen LogP contribution < -0.4 is 4.57 Å². The van der Waals surface area contributed by atoms with Crippen molar-refractivity contribution in [2.24, 2.45) is 6.98 Å². The van der Waals surface area contributed by atoms with Crippen LogP contribution in [0, 0.1) is 0 Å². The van der Waals surface area contributed by atoms with Gasteiger partial charge in [0.15, 0.2) is 5.69 Å². The van der Waals surface area contributed by atoms with Crippen LogP contribution in [0.25, 0.3) is 33.7 Å². The minimum absolute atomic E-state index is 0.538. The Bertz CT molecular complexity index is 1090. The van der Waals surface area contributed by atoms with Crippen molar-refractivity contribution in [3.05, 3.63) is 42.4 Å². The lowest BCUT2D eigenvalue weighted by Crippen LogP contribution is -2.32. The number of hydrogen-bond acceptors (Lipinski definition) is 3. The van der Waals surface area contributed by atoms with Crippen LogP contribution in [0.5, 0.6) is 0 Å². The minimum Gasteiger partial charge on any atom is -0.412 e. The SMILES string of the molecule is [2H]C([2H])([2H])n1c2ccncc2c2oc3[n+](c21)Cc1cccnc1-3. The van der Waals surface area contributed by atoms with Gasteiger partial charge in [-0.1, -0.05) is 6.07 Å². The molecule has 96 valence electrons. The summed E-state index contributed by atoms with van der Waals surface area (Å²) in [6, 6.07) is 5.54. The molecule has 0 aromatic carbocycles. The zero-order valence-corrected chi connectivity index (χ0v) is 10.4. The Morgan fingerprint density at radius 1 is 1.40 bits per heavy atom. The van der Waals surface area contributed by atoms with Gasteiger partial charge < -0.3 is 4.42 Å². The van der Waals surface area contributed by atoms with Crippen LogP contribution in [0.1, 0.15) is 9.68 Å². The molecule has 5 heteroatoms. The number of hydrogen-bond donors (Lipinski definition) is 0. The molecule has 0 aliphatic carbocycles. The van der Waals surface area contributed by atoms with Gasteiger partial charge in [-0.15, -0.1) is 0 Å². The molecule has 1 aliphatic rings. The topological polar surface area (TPSA) is 47.7 Å². The van der Waals surface area contributed by atoms with Gasteiger partial charge in [-0.25, -0.2) is 9.55 Å². The van der Waals surface area contributed by atoms with Gasteiger partial charge in [0.1, 0.15) is 12.1 Å². The van der Waals surface area contributed by atoms with Crippen LogP contribution >= 0.6 is 0 Å². The first-order valence-corrected chi connectivity index (χ1v) is 6.31. The number of nitrogens with zero attached hydrogens (tertiary/aromatic N) is 4. The maximum absolute atomic E-state index is 7.92. The second-order valence-electron chi connectivity index (χ2n) is 4.89. The Morgan fingerprint density at radius 2 is 2.40 bits per heavy atom. The third-order valence-electron chi connectivity index (χ3n) is 3.82. The highest BCUT2D eigenvalue weighted by atomic mass is 16.4.